The van der Waals surface area contributed by atoms with E-state index in [0.717, 1.165) is 0 Å². The molecule has 6 heteroatoms. The quantitative estimate of drug-likeness (QED) is 0.681. The third-order valence-corrected chi connectivity index (χ3v) is 3.03. The van der Waals surface area contributed by atoms with Crippen LogP contribution in [0, 0.1) is 6.92 Å². The second-order valence-corrected chi connectivity index (χ2v) is 6.03. The monoisotopic (exact) mass is 238 g/mol. The summed E-state index contributed by atoms with van der Waals surface area (Å²) in [7, 11) is -1.58. The van der Waals surface area contributed by atoms with Crippen LogP contribution in [0.15, 0.2) is 11.2 Å². The number of imidazole rings is 1. The highest BCUT2D eigenvalue weighted by molar-refractivity contribution is 9.47. The van der Waals surface area contributed by atoms with Crippen molar-refractivity contribution in [2.75, 3.05) is 0 Å². The van der Waals surface area contributed by atoms with E-state index >= 15 is 0 Å². The summed E-state index contributed by atoms with van der Waals surface area (Å²) in [6, 6.07) is 0. The summed E-state index contributed by atoms with van der Waals surface area (Å²) in [5, 5.41) is 0.0532. The minimum atomic E-state index is -3.32. The first kappa shape index (κ1) is 8.73. The first-order valence-corrected chi connectivity index (χ1v) is 6.18. The van der Waals surface area contributed by atoms with Crippen molar-refractivity contribution in [2.24, 2.45) is 7.05 Å². The Hall–Kier alpha value is -0.360. The van der Waals surface area contributed by atoms with Crippen LogP contribution in [-0.4, -0.2) is 18.0 Å². The van der Waals surface area contributed by atoms with Crippen LogP contribution in [0.3, 0.4) is 0 Å². The van der Waals surface area contributed by atoms with Crippen molar-refractivity contribution in [1.29, 1.82) is 0 Å². The van der Waals surface area contributed by atoms with Crippen LogP contribution in [0.4, 0.5) is 0 Å². The van der Waals surface area contributed by atoms with E-state index < -0.39 is 8.27 Å². The molecule has 0 aliphatic carbocycles. The summed E-state index contributed by atoms with van der Waals surface area (Å²) in [5.74, 6) is 0.669. The Bertz CT molecular complexity index is 348. The van der Waals surface area contributed by atoms with Crippen LogP contribution in [0.25, 0.3) is 0 Å². The van der Waals surface area contributed by atoms with Crippen LogP contribution in [0.2, 0.25) is 0 Å². The number of aryl methyl sites for hydroxylation is 2. The first-order valence-electron chi connectivity index (χ1n) is 2.86. The van der Waals surface area contributed by atoms with Crippen LogP contribution >= 0.6 is 14.8 Å². The van der Waals surface area contributed by atoms with Gasteiger partial charge in [0.15, 0.2) is 5.03 Å². The molecule has 1 rings (SSSR count). The maximum atomic E-state index is 10.8. The largest absolute Gasteiger partial charge is 0.337 e. The highest BCUT2D eigenvalue weighted by atomic mass is 79.9. The van der Waals surface area contributed by atoms with Gasteiger partial charge in [0, 0.05) is 13.2 Å². The van der Waals surface area contributed by atoms with E-state index in [1.807, 2.05) is 0 Å². The highest BCUT2D eigenvalue weighted by Gasteiger charge is 2.13. The fraction of sp³-hybridized carbons (Fsp3) is 0.400. The van der Waals surface area contributed by atoms with Gasteiger partial charge in [-0.2, -0.15) is 0 Å². The Morgan fingerprint density at radius 2 is 2.18 bits per heavy atom. The van der Waals surface area contributed by atoms with Gasteiger partial charge in [0.2, 0.25) is 0 Å². The standard InChI is InChI=1S/C5H7BrN2O2S/c1-4-7-5(3-8(4)2)11(6,9)10/h3H,1-2H3. The zero-order valence-corrected chi connectivity index (χ0v) is 8.48. The van der Waals surface area contributed by atoms with Gasteiger partial charge in [0.25, 0.3) is 8.27 Å². The fourth-order valence-corrected chi connectivity index (χ4v) is 1.64. The normalized spacial score (nSPS) is 11.9. The van der Waals surface area contributed by atoms with Gasteiger partial charge < -0.3 is 4.57 Å². The van der Waals surface area contributed by atoms with Crippen molar-refractivity contribution in [2.45, 2.75) is 11.9 Å². The van der Waals surface area contributed by atoms with Gasteiger partial charge in [-0.1, -0.05) is 0 Å². The third kappa shape index (κ3) is 1.81. The van der Waals surface area contributed by atoms with Gasteiger partial charge in [-0.25, -0.2) is 13.4 Å². The summed E-state index contributed by atoms with van der Waals surface area (Å²) >= 11 is 2.53. The molecule has 11 heavy (non-hydrogen) atoms. The smallest absolute Gasteiger partial charge is 0.256 e. The molecule has 0 amide bonds. The van der Waals surface area contributed by atoms with Crippen molar-refractivity contribution in [3.05, 3.63) is 12.0 Å². The van der Waals surface area contributed by atoms with Gasteiger partial charge >= 0.3 is 0 Å². The summed E-state index contributed by atoms with van der Waals surface area (Å²) < 4.78 is 23.3. The molecule has 0 spiro atoms. The van der Waals surface area contributed by atoms with E-state index in [2.05, 4.69) is 19.8 Å². The van der Waals surface area contributed by atoms with Crippen LogP contribution in [-0.2, 0) is 15.3 Å². The molecule has 62 valence electrons. The van der Waals surface area contributed by atoms with Crippen LogP contribution < -0.4 is 0 Å². The molecule has 0 aromatic carbocycles. The number of hydrogen-bond acceptors (Lipinski definition) is 3. The lowest BCUT2D eigenvalue weighted by Gasteiger charge is -1.87. The van der Waals surface area contributed by atoms with Crippen molar-refractivity contribution in [3.8, 4) is 0 Å². The van der Waals surface area contributed by atoms with Crippen molar-refractivity contribution < 1.29 is 8.42 Å². The van der Waals surface area contributed by atoms with Gasteiger partial charge in [-0.3, -0.25) is 0 Å². The molecule has 0 aliphatic heterocycles. The molecule has 0 saturated heterocycles. The second kappa shape index (κ2) is 2.60. The molecule has 1 heterocycles. The van der Waals surface area contributed by atoms with Gasteiger partial charge in [-0.15, -0.1) is 0 Å². The van der Waals surface area contributed by atoms with Crippen molar-refractivity contribution in [3.63, 3.8) is 0 Å². The number of hydrogen-bond donors (Lipinski definition) is 0. The molecule has 0 atom stereocenters. The van der Waals surface area contributed by atoms with Crippen LogP contribution in [0.5, 0.6) is 0 Å². The topological polar surface area (TPSA) is 52.0 Å². The minimum absolute atomic E-state index is 0.0532. The van der Waals surface area contributed by atoms with Gasteiger partial charge in [0.1, 0.15) is 5.82 Å². The summed E-state index contributed by atoms with van der Waals surface area (Å²) in [5.41, 5.74) is 0. The average molecular weight is 239 g/mol. The molecule has 0 saturated carbocycles. The number of aromatic nitrogens is 2. The predicted molar refractivity (Wildman–Crippen MR) is 44.1 cm³/mol. The first-order chi connectivity index (χ1) is 4.91. The number of halogens is 1. The molecular formula is C5H7BrN2O2S. The zero-order valence-electron chi connectivity index (χ0n) is 6.07. The molecule has 0 radical (unpaired) electrons. The Balaban J connectivity index is 3.29. The van der Waals surface area contributed by atoms with E-state index in [1.165, 1.54) is 6.20 Å². The van der Waals surface area contributed by atoms with Gasteiger partial charge in [-0.05, 0) is 6.92 Å². The van der Waals surface area contributed by atoms with E-state index in [0.29, 0.717) is 5.82 Å². The molecule has 0 unspecified atom stereocenters. The number of nitrogens with zero attached hydrogens (tertiary/aromatic N) is 2. The summed E-state index contributed by atoms with van der Waals surface area (Å²) in [6.45, 7) is 1.74. The lowest BCUT2D eigenvalue weighted by Crippen LogP contribution is -1.88. The van der Waals surface area contributed by atoms with Crippen LogP contribution in [0.1, 0.15) is 5.82 Å². The zero-order chi connectivity index (χ0) is 8.65. The molecule has 0 bridgehead atoms. The average Bonchev–Trinajstić information content (AvgIpc) is 2.11. The molecule has 1 aromatic heterocycles. The molecule has 4 nitrogen and oxygen atoms in total. The Kier molecular flexibility index (Phi) is 2.06. The minimum Gasteiger partial charge on any atom is -0.337 e. The molecule has 1 aromatic rings. The SMILES string of the molecule is Cc1nc(S(=O)(=O)Br)cn1C. The molecule has 0 N–H and O–H groups in total. The maximum absolute atomic E-state index is 10.8. The lowest BCUT2D eigenvalue weighted by molar-refractivity contribution is 0.608. The van der Waals surface area contributed by atoms with E-state index in [4.69, 9.17) is 0 Å². The third-order valence-electron chi connectivity index (χ3n) is 1.34. The molecule has 0 aliphatic rings. The summed E-state index contributed by atoms with van der Waals surface area (Å²) in [6.07, 6.45) is 1.46. The highest BCUT2D eigenvalue weighted by Crippen LogP contribution is 2.14. The van der Waals surface area contributed by atoms with E-state index in [9.17, 15) is 8.42 Å². The van der Waals surface area contributed by atoms with E-state index in [1.54, 1.807) is 18.5 Å². The second-order valence-electron chi connectivity index (χ2n) is 2.18. The Labute approximate surface area is 72.4 Å². The summed E-state index contributed by atoms with van der Waals surface area (Å²) in [4.78, 5) is 3.81. The molecular weight excluding hydrogens is 232 g/mol. The lowest BCUT2D eigenvalue weighted by atomic mass is 10.7. The molecule has 0 fully saturated rings. The Morgan fingerprint density at radius 3 is 2.36 bits per heavy atom. The van der Waals surface area contributed by atoms with Gasteiger partial charge in [0.05, 0.1) is 14.8 Å². The van der Waals surface area contributed by atoms with E-state index in [-0.39, 0.29) is 5.03 Å². The number of rotatable bonds is 1. The van der Waals surface area contributed by atoms with Crippen molar-refractivity contribution in [1.82, 2.24) is 9.55 Å². The van der Waals surface area contributed by atoms with Crippen molar-refractivity contribution >= 4 is 23.1 Å². The fourth-order valence-electron chi connectivity index (χ4n) is 0.644. The Morgan fingerprint density at radius 1 is 1.64 bits per heavy atom. The maximum Gasteiger partial charge on any atom is 0.256 e. The predicted octanol–water partition coefficient (Wildman–Crippen LogP) is 0.812.